The van der Waals surface area contributed by atoms with Crippen LogP contribution in [0.15, 0.2) is 52.3 Å². The van der Waals surface area contributed by atoms with Crippen molar-refractivity contribution >= 4 is 33.9 Å². The number of hydrogen-bond acceptors (Lipinski definition) is 7. The molecule has 0 radical (unpaired) electrons. The van der Waals surface area contributed by atoms with Gasteiger partial charge in [0.1, 0.15) is 0 Å². The molecule has 8 heteroatoms. The third-order valence-corrected chi connectivity index (χ3v) is 7.33. The number of carbonyl (C=O) groups excluding carboxylic acids is 2. The standard InChI is InChI=1S/C30H36O7S/c1-6-9-17-34-29-27(36-20(4)31)24-16-15-23(38(33)26-14-12-11-13-22(26)8-3)19-25(24)28(37-21(5)32)30(29)35-18-10-7-2/h11-16,19H,6-10,17-18H2,1-5H3. The maximum atomic E-state index is 13.7. The average molecular weight is 541 g/mol. The Bertz CT molecular complexity index is 1270. The lowest BCUT2D eigenvalue weighted by Gasteiger charge is -2.22. The van der Waals surface area contributed by atoms with Gasteiger partial charge in [-0.15, -0.1) is 0 Å². The first-order chi connectivity index (χ1) is 18.3. The smallest absolute Gasteiger partial charge is 0.308 e. The molecule has 3 rings (SSSR count). The fraction of sp³-hybridized carbons (Fsp3) is 0.400. The van der Waals surface area contributed by atoms with E-state index >= 15 is 0 Å². The first-order valence-corrected chi connectivity index (χ1v) is 14.2. The molecule has 0 amide bonds. The van der Waals surface area contributed by atoms with E-state index in [9.17, 15) is 14.1 Å². The molecule has 1 unspecified atom stereocenters. The summed E-state index contributed by atoms with van der Waals surface area (Å²) in [5.41, 5.74) is 0.981. The second-order valence-electron chi connectivity index (χ2n) is 8.85. The summed E-state index contributed by atoms with van der Waals surface area (Å²) >= 11 is -1.50. The molecule has 0 saturated carbocycles. The Labute approximate surface area is 227 Å². The van der Waals surface area contributed by atoms with Gasteiger partial charge in [-0.1, -0.05) is 51.8 Å². The summed E-state index contributed by atoms with van der Waals surface area (Å²) < 4.78 is 37.2. The molecular formula is C30H36O7S. The van der Waals surface area contributed by atoms with Gasteiger partial charge >= 0.3 is 11.9 Å². The molecule has 1 atom stereocenters. The number of ether oxygens (including phenoxy) is 4. The van der Waals surface area contributed by atoms with Crippen molar-refractivity contribution < 1.29 is 33.1 Å². The first-order valence-electron chi connectivity index (χ1n) is 13.1. The highest BCUT2D eigenvalue weighted by atomic mass is 32.2. The van der Waals surface area contributed by atoms with E-state index < -0.39 is 23.1 Å². The number of carbonyl (C=O) groups is 2. The van der Waals surface area contributed by atoms with E-state index in [-0.39, 0.29) is 23.0 Å². The van der Waals surface area contributed by atoms with Crippen molar-refractivity contribution in [2.75, 3.05) is 13.2 Å². The summed E-state index contributed by atoms with van der Waals surface area (Å²) in [7, 11) is 0. The summed E-state index contributed by atoms with van der Waals surface area (Å²) in [4.78, 5) is 25.6. The highest BCUT2D eigenvalue weighted by Crippen LogP contribution is 2.52. The van der Waals surface area contributed by atoms with Crippen molar-refractivity contribution in [1.82, 2.24) is 0 Å². The number of esters is 2. The maximum Gasteiger partial charge on any atom is 0.308 e. The van der Waals surface area contributed by atoms with E-state index in [1.807, 2.05) is 45.0 Å². The molecule has 204 valence electrons. The van der Waals surface area contributed by atoms with Crippen LogP contribution in [0.2, 0.25) is 0 Å². The van der Waals surface area contributed by atoms with Crippen LogP contribution >= 0.6 is 0 Å². The zero-order valence-corrected chi connectivity index (χ0v) is 23.6. The normalized spacial score (nSPS) is 11.7. The van der Waals surface area contributed by atoms with E-state index in [2.05, 4.69) is 0 Å². The van der Waals surface area contributed by atoms with Crippen molar-refractivity contribution in [3.05, 3.63) is 48.0 Å². The first kappa shape index (κ1) is 29.3. The molecule has 3 aromatic rings. The van der Waals surface area contributed by atoms with E-state index in [1.54, 1.807) is 18.2 Å². The Balaban J connectivity index is 2.31. The van der Waals surface area contributed by atoms with Crippen LogP contribution < -0.4 is 18.9 Å². The molecule has 0 aliphatic heterocycles. The molecular weight excluding hydrogens is 504 g/mol. The Morgan fingerprint density at radius 3 is 1.84 bits per heavy atom. The molecule has 0 saturated heterocycles. The van der Waals surface area contributed by atoms with E-state index in [0.29, 0.717) is 33.8 Å². The van der Waals surface area contributed by atoms with Crippen LogP contribution in [0, 0.1) is 0 Å². The van der Waals surface area contributed by atoms with Gasteiger partial charge in [0, 0.05) is 47.4 Å². The van der Waals surface area contributed by atoms with Crippen LogP contribution in [-0.2, 0) is 27.2 Å². The van der Waals surface area contributed by atoms with Gasteiger partial charge in [-0.2, -0.15) is 0 Å². The Morgan fingerprint density at radius 1 is 0.763 bits per heavy atom. The van der Waals surface area contributed by atoms with Crippen molar-refractivity contribution in [2.24, 2.45) is 0 Å². The van der Waals surface area contributed by atoms with Gasteiger partial charge < -0.3 is 23.5 Å². The van der Waals surface area contributed by atoms with Crippen molar-refractivity contribution in [2.45, 2.75) is 76.5 Å². The minimum Gasteiger partial charge on any atom is -0.606 e. The Morgan fingerprint density at radius 2 is 1.32 bits per heavy atom. The number of rotatable bonds is 13. The molecule has 0 aromatic heterocycles. The number of benzene rings is 3. The lowest BCUT2D eigenvalue weighted by atomic mass is 10.1. The molecule has 0 aliphatic carbocycles. The summed E-state index contributed by atoms with van der Waals surface area (Å²) in [5, 5.41) is 0.918. The fourth-order valence-electron chi connectivity index (χ4n) is 3.97. The van der Waals surface area contributed by atoms with Crippen LogP contribution in [0.5, 0.6) is 23.0 Å². The minimum atomic E-state index is -1.50. The molecule has 38 heavy (non-hydrogen) atoms. The zero-order valence-electron chi connectivity index (χ0n) is 22.8. The SMILES string of the molecule is CCCCOc1c(OCCCC)c(OC(C)=O)c2cc([S+]([O-])c3ccccc3CC)ccc2c1OC(C)=O. The van der Waals surface area contributed by atoms with Gasteiger partial charge in [0.15, 0.2) is 21.3 Å². The highest BCUT2D eigenvalue weighted by molar-refractivity contribution is 7.91. The molecule has 7 nitrogen and oxygen atoms in total. The predicted octanol–water partition coefficient (Wildman–Crippen LogP) is 6.78. The van der Waals surface area contributed by atoms with Gasteiger partial charge in [-0.25, -0.2) is 0 Å². The second-order valence-corrected chi connectivity index (χ2v) is 10.3. The molecule has 0 aliphatic rings. The molecule has 3 aromatic carbocycles. The molecule has 0 heterocycles. The lowest BCUT2D eigenvalue weighted by Crippen LogP contribution is -2.12. The van der Waals surface area contributed by atoms with Gasteiger partial charge in [0.05, 0.1) is 13.2 Å². The molecule has 0 bridgehead atoms. The zero-order chi connectivity index (χ0) is 27.7. The molecule has 0 spiro atoms. The highest BCUT2D eigenvalue weighted by Gasteiger charge is 2.29. The average Bonchev–Trinajstić information content (AvgIpc) is 2.90. The Kier molecular flexibility index (Phi) is 10.9. The van der Waals surface area contributed by atoms with E-state index in [4.69, 9.17) is 18.9 Å². The monoisotopic (exact) mass is 540 g/mol. The van der Waals surface area contributed by atoms with Crippen molar-refractivity contribution in [1.29, 1.82) is 0 Å². The molecule has 0 fully saturated rings. The largest absolute Gasteiger partial charge is 0.606 e. The van der Waals surface area contributed by atoms with Crippen LogP contribution in [-0.4, -0.2) is 29.7 Å². The lowest BCUT2D eigenvalue weighted by molar-refractivity contribution is -0.133. The van der Waals surface area contributed by atoms with Crippen molar-refractivity contribution in [3.63, 3.8) is 0 Å². The fourth-order valence-corrected chi connectivity index (χ4v) is 5.29. The number of hydrogen-bond donors (Lipinski definition) is 0. The maximum absolute atomic E-state index is 13.7. The number of fused-ring (bicyclic) bond motifs is 1. The summed E-state index contributed by atoms with van der Waals surface area (Å²) in [5.74, 6) is -0.361. The van der Waals surface area contributed by atoms with Gasteiger partial charge in [-0.3, -0.25) is 9.59 Å². The third-order valence-electron chi connectivity index (χ3n) is 5.85. The third kappa shape index (κ3) is 6.99. The topological polar surface area (TPSA) is 94.1 Å². The summed E-state index contributed by atoms with van der Waals surface area (Å²) in [6.45, 7) is 9.41. The van der Waals surface area contributed by atoms with E-state index in [1.165, 1.54) is 13.8 Å². The van der Waals surface area contributed by atoms with Crippen molar-refractivity contribution in [3.8, 4) is 23.0 Å². The predicted molar refractivity (Wildman–Crippen MR) is 148 cm³/mol. The summed E-state index contributed by atoms with van der Waals surface area (Å²) in [6, 6.07) is 12.7. The van der Waals surface area contributed by atoms with Gasteiger partial charge in [-0.05, 0) is 37.5 Å². The van der Waals surface area contributed by atoms with Gasteiger partial charge in [0.25, 0.3) is 0 Å². The van der Waals surface area contributed by atoms with Crippen LogP contribution in [0.4, 0.5) is 0 Å². The summed E-state index contributed by atoms with van der Waals surface area (Å²) in [6.07, 6.45) is 4.04. The minimum absolute atomic E-state index is 0.147. The molecule has 0 N–H and O–H groups in total. The number of unbranched alkanes of at least 4 members (excludes halogenated alkanes) is 2. The van der Waals surface area contributed by atoms with Crippen LogP contribution in [0.3, 0.4) is 0 Å². The quantitative estimate of drug-likeness (QED) is 0.102. The van der Waals surface area contributed by atoms with Crippen LogP contribution in [0.25, 0.3) is 10.8 Å². The van der Waals surface area contributed by atoms with Gasteiger partial charge in [0.2, 0.25) is 11.5 Å². The second kappa shape index (κ2) is 14.1. The van der Waals surface area contributed by atoms with Crippen LogP contribution in [0.1, 0.15) is 65.9 Å². The number of aryl methyl sites for hydroxylation is 1. The van der Waals surface area contributed by atoms with E-state index in [0.717, 1.165) is 37.7 Å². The Hall–Kier alpha value is -3.23.